The van der Waals surface area contributed by atoms with Crippen molar-refractivity contribution < 1.29 is 22.1 Å². The highest BCUT2D eigenvalue weighted by molar-refractivity contribution is 7.86. The van der Waals surface area contributed by atoms with Crippen LogP contribution in [0.1, 0.15) is 18.4 Å². The van der Waals surface area contributed by atoms with E-state index in [1.165, 1.54) is 0 Å². The summed E-state index contributed by atoms with van der Waals surface area (Å²) in [5, 5.41) is 12.4. The second kappa shape index (κ2) is 9.47. The van der Waals surface area contributed by atoms with Crippen LogP contribution in [0.5, 0.6) is 5.75 Å². The van der Waals surface area contributed by atoms with Crippen molar-refractivity contribution in [2.24, 2.45) is 5.73 Å². The first-order valence-corrected chi connectivity index (χ1v) is 11.7. The number of hydrogen-bond acceptors (Lipinski definition) is 7. The molecule has 1 heterocycles. The third-order valence-electron chi connectivity index (χ3n) is 5.13. The fourth-order valence-electron chi connectivity index (χ4n) is 3.48. The number of benzene rings is 2. The molecule has 1 aliphatic heterocycles. The largest absolute Gasteiger partial charge is 0.383 e. The van der Waals surface area contributed by atoms with Gasteiger partial charge in [0.2, 0.25) is 5.91 Å². The molecule has 1 aliphatic rings. The molecule has 8 nitrogen and oxygen atoms in total. The van der Waals surface area contributed by atoms with Gasteiger partial charge in [-0.1, -0.05) is 36.4 Å². The highest BCUT2D eigenvalue weighted by atomic mass is 32.2. The lowest BCUT2D eigenvalue weighted by atomic mass is 9.89. The smallest absolute Gasteiger partial charge is 0.306 e. The van der Waals surface area contributed by atoms with Gasteiger partial charge in [0.1, 0.15) is 11.8 Å². The zero-order valence-corrected chi connectivity index (χ0v) is 18.0. The van der Waals surface area contributed by atoms with Crippen LogP contribution in [0.4, 0.5) is 0 Å². The van der Waals surface area contributed by atoms with E-state index < -0.39 is 27.6 Å². The summed E-state index contributed by atoms with van der Waals surface area (Å²) in [6.07, 6.45) is 1.87. The minimum absolute atomic E-state index is 0.139. The highest BCUT2D eigenvalue weighted by Gasteiger charge is 2.37. The summed E-state index contributed by atoms with van der Waals surface area (Å²) in [6.45, 7) is 0.786. The Morgan fingerprint density at radius 3 is 2.55 bits per heavy atom. The molecule has 1 atom stereocenters. The molecule has 0 aliphatic carbocycles. The number of amides is 1. The van der Waals surface area contributed by atoms with Gasteiger partial charge in [0, 0.05) is 19.6 Å². The molecule has 2 aromatic rings. The topological polar surface area (TPSA) is 132 Å². The molecule has 1 unspecified atom stereocenters. The number of nitrogens with two attached hydrogens (primary N) is 1. The Morgan fingerprint density at radius 1 is 1.26 bits per heavy atom. The van der Waals surface area contributed by atoms with E-state index in [4.69, 9.17) is 14.7 Å². The molecule has 0 saturated carbocycles. The molecule has 3 rings (SSSR count). The monoisotopic (exact) mass is 443 g/mol. The van der Waals surface area contributed by atoms with Gasteiger partial charge in [-0.05, 0) is 41.7 Å². The fraction of sp³-hybridized carbons (Fsp3) is 0.364. The maximum absolute atomic E-state index is 12.7. The number of nitrogens with zero attached hydrogens (tertiary/aromatic N) is 1. The van der Waals surface area contributed by atoms with Crippen LogP contribution in [0.2, 0.25) is 0 Å². The van der Waals surface area contributed by atoms with Crippen LogP contribution in [-0.4, -0.2) is 45.4 Å². The Balaban J connectivity index is 1.88. The lowest BCUT2D eigenvalue weighted by Gasteiger charge is -2.32. The second-order valence-electron chi connectivity index (χ2n) is 7.60. The van der Waals surface area contributed by atoms with Gasteiger partial charge in [-0.3, -0.25) is 4.79 Å². The van der Waals surface area contributed by atoms with Crippen LogP contribution in [0.3, 0.4) is 0 Å². The van der Waals surface area contributed by atoms with E-state index in [0.717, 1.165) is 17.4 Å². The zero-order valence-electron chi connectivity index (χ0n) is 17.2. The third kappa shape index (κ3) is 6.04. The molecule has 0 radical (unpaired) electrons. The van der Waals surface area contributed by atoms with E-state index in [1.807, 2.05) is 30.3 Å². The molecule has 0 aromatic heterocycles. The molecule has 3 N–H and O–H groups in total. The van der Waals surface area contributed by atoms with Gasteiger partial charge in [-0.25, -0.2) is 0 Å². The summed E-state index contributed by atoms with van der Waals surface area (Å²) in [6, 6.07) is 15.6. The average Bonchev–Trinajstić information content (AvgIpc) is 2.73. The molecule has 0 bridgehead atoms. The van der Waals surface area contributed by atoms with E-state index >= 15 is 0 Å². The molecule has 2 aromatic carbocycles. The Morgan fingerprint density at radius 2 is 1.94 bits per heavy atom. The number of nitrogens with one attached hydrogen (secondary N) is 1. The van der Waals surface area contributed by atoms with Crippen molar-refractivity contribution in [3.05, 3.63) is 54.1 Å². The molecule has 1 amide bonds. The lowest BCUT2D eigenvalue weighted by molar-refractivity contribution is -0.130. The molecule has 0 spiro atoms. The average molecular weight is 444 g/mol. The van der Waals surface area contributed by atoms with Gasteiger partial charge in [-0.2, -0.15) is 13.7 Å². The summed E-state index contributed by atoms with van der Waals surface area (Å²) in [7, 11) is -3.71. The number of ether oxygens (including phenoxy) is 1. The summed E-state index contributed by atoms with van der Waals surface area (Å²) >= 11 is 0. The van der Waals surface area contributed by atoms with E-state index in [9.17, 15) is 18.5 Å². The van der Waals surface area contributed by atoms with E-state index in [1.54, 1.807) is 18.2 Å². The van der Waals surface area contributed by atoms with Crippen molar-refractivity contribution in [3.63, 3.8) is 0 Å². The number of carbonyl (C=O) groups is 1. The van der Waals surface area contributed by atoms with Crippen LogP contribution in [0.25, 0.3) is 11.1 Å². The van der Waals surface area contributed by atoms with Gasteiger partial charge < -0.3 is 20.0 Å². The zero-order chi connectivity index (χ0) is 22.5. The summed E-state index contributed by atoms with van der Waals surface area (Å²) < 4.78 is 33.4. The van der Waals surface area contributed by atoms with Crippen LogP contribution in [-0.2, 0) is 26.1 Å². The van der Waals surface area contributed by atoms with Crippen molar-refractivity contribution in [2.75, 3.05) is 19.5 Å². The minimum Gasteiger partial charge on any atom is -0.383 e. The predicted octanol–water partition coefficient (Wildman–Crippen LogP) is 1.75. The van der Waals surface area contributed by atoms with Gasteiger partial charge in [-0.15, -0.1) is 0 Å². The number of nitriles is 1. The van der Waals surface area contributed by atoms with Crippen molar-refractivity contribution >= 4 is 16.0 Å². The van der Waals surface area contributed by atoms with E-state index in [-0.39, 0.29) is 12.2 Å². The third-order valence-corrected chi connectivity index (χ3v) is 5.63. The number of hydrogen-bond donors (Lipinski definition) is 2. The molecule has 9 heteroatoms. The SMILES string of the molecule is CS(=O)(=O)Oc1ccc(-c2ccccc2)c(CC(C#N)NC(=O)C2(N)CCOCC2)c1. The number of rotatable bonds is 7. The van der Waals surface area contributed by atoms with E-state index in [2.05, 4.69) is 11.4 Å². The second-order valence-corrected chi connectivity index (χ2v) is 9.18. The first-order chi connectivity index (χ1) is 14.7. The van der Waals surface area contributed by atoms with Gasteiger partial charge in [0.15, 0.2) is 0 Å². The molecular weight excluding hydrogens is 418 g/mol. The molecule has 1 saturated heterocycles. The fourth-order valence-corrected chi connectivity index (χ4v) is 3.93. The minimum atomic E-state index is -3.71. The Labute approximate surface area is 182 Å². The number of carbonyl (C=O) groups excluding carboxylic acids is 1. The quantitative estimate of drug-likeness (QED) is 0.623. The van der Waals surface area contributed by atoms with Crippen LogP contribution >= 0.6 is 0 Å². The molecule has 1 fully saturated rings. The van der Waals surface area contributed by atoms with Gasteiger partial charge >= 0.3 is 10.1 Å². The van der Waals surface area contributed by atoms with Crippen molar-refractivity contribution in [2.45, 2.75) is 30.8 Å². The predicted molar refractivity (Wildman–Crippen MR) is 116 cm³/mol. The normalized spacial score (nSPS) is 16.7. The standard InChI is InChI=1S/C22H25N3O5S/c1-31(27,28)30-19-7-8-20(16-5-3-2-4-6-16)17(14-19)13-18(15-23)25-21(26)22(24)9-11-29-12-10-22/h2-8,14,18H,9-13,24H2,1H3,(H,25,26). The molecule has 31 heavy (non-hydrogen) atoms. The van der Waals surface area contributed by atoms with Crippen LogP contribution < -0.4 is 15.2 Å². The maximum atomic E-state index is 12.7. The van der Waals surface area contributed by atoms with Crippen LogP contribution in [0, 0.1) is 11.3 Å². The van der Waals surface area contributed by atoms with Crippen molar-refractivity contribution in [3.8, 4) is 22.9 Å². The summed E-state index contributed by atoms with van der Waals surface area (Å²) in [5.74, 6) is -0.257. The van der Waals surface area contributed by atoms with Crippen molar-refractivity contribution in [1.29, 1.82) is 5.26 Å². The van der Waals surface area contributed by atoms with Gasteiger partial charge in [0.25, 0.3) is 0 Å². The Bertz CT molecular complexity index is 1070. The van der Waals surface area contributed by atoms with Crippen molar-refractivity contribution in [1.82, 2.24) is 5.32 Å². The lowest BCUT2D eigenvalue weighted by Crippen LogP contribution is -2.58. The van der Waals surface area contributed by atoms with E-state index in [0.29, 0.717) is 31.6 Å². The first kappa shape index (κ1) is 22.7. The molecule has 164 valence electrons. The first-order valence-electron chi connectivity index (χ1n) is 9.85. The van der Waals surface area contributed by atoms with Crippen LogP contribution in [0.15, 0.2) is 48.5 Å². The van der Waals surface area contributed by atoms with Gasteiger partial charge in [0.05, 0.1) is 17.9 Å². The maximum Gasteiger partial charge on any atom is 0.306 e. The summed E-state index contributed by atoms with van der Waals surface area (Å²) in [4.78, 5) is 12.7. The summed E-state index contributed by atoms with van der Waals surface area (Å²) in [5.41, 5.74) is 7.52. The Kier molecular flexibility index (Phi) is 6.95. The highest BCUT2D eigenvalue weighted by Crippen LogP contribution is 2.29. The molecular formula is C22H25N3O5S. The Hall–Kier alpha value is -2.93.